The fourth-order valence-corrected chi connectivity index (χ4v) is 1.87. The van der Waals surface area contributed by atoms with Gasteiger partial charge in [-0.05, 0) is 26.7 Å². The maximum Gasteiger partial charge on any atom is 0.0164 e. The molecule has 0 aromatic carbocycles. The monoisotopic (exact) mass is 167 g/mol. The lowest BCUT2D eigenvalue weighted by molar-refractivity contribution is 0.261. The van der Waals surface area contributed by atoms with Gasteiger partial charge in [0, 0.05) is 12.1 Å². The van der Waals surface area contributed by atoms with E-state index in [4.69, 9.17) is 0 Å². The molecule has 0 bridgehead atoms. The normalized spacial score (nSPS) is 22.2. The second-order valence-electron chi connectivity index (χ2n) is 4.43. The third-order valence-corrected chi connectivity index (χ3v) is 2.77. The molecule has 0 radical (unpaired) electrons. The molecular formula is C11H21N. The first-order valence-electron chi connectivity index (χ1n) is 5.02. The van der Waals surface area contributed by atoms with Gasteiger partial charge in [-0.25, -0.2) is 0 Å². The molecule has 0 aliphatic heterocycles. The Labute approximate surface area is 76.2 Å². The van der Waals surface area contributed by atoms with Crippen LogP contribution in [0.4, 0.5) is 0 Å². The zero-order valence-corrected chi connectivity index (χ0v) is 8.45. The molecule has 70 valence electrons. The standard InChI is InChI=1S/C11H21N/c1-10(2)9-12-11(3)7-5-4-6-8-11/h12H,1,4-9H2,2-3H3. The maximum atomic E-state index is 3.91. The Morgan fingerprint density at radius 2 is 1.92 bits per heavy atom. The van der Waals surface area contributed by atoms with E-state index in [0.29, 0.717) is 5.54 Å². The van der Waals surface area contributed by atoms with Gasteiger partial charge in [0.25, 0.3) is 0 Å². The van der Waals surface area contributed by atoms with Crippen molar-refractivity contribution in [1.29, 1.82) is 0 Å². The van der Waals surface area contributed by atoms with Crippen molar-refractivity contribution in [2.24, 2.45) is 0 Å². The molecule has 1 fully saturated rings. The topological polar surface area (TPSA) is 12.0 Å². The molecule has 1 saturated carbocycles. The van der Waals surface area contributed by atoms with Crippen molar-refractivity contribution in [2.45, 2.75) is 51.5 Å². The van der Waals surface area contributed by atoms with Gasteiger partial charge >= 0.3 is 0 Å². The van der Waals surface area contributed by atoms with E-state index in [-0.39, 0.29) is 0 Å². The Bertz CT molecular complexity index is 154. The Morgan fingerprint density at radius 3 is 2.42 bits per heavy atom. The molecule has 1 N–H and O–H groups in total. The largest absolute Gasteiger partial charge is 0.308 e. The first-order valence-corrected chi connectivity index (χ1v) is 5.02. The molecule has 0 saturated heterocycles. The van der Waals surface area contributed by atoms with Gasteiger partial charge in [0.2, 0.25) is 0 Å². The first kappa shape index (κ1) is 9.79. The lowest BCUT2D eigenvalue weighted by Crippen LogP contribution is -2.44. The predicted molar refractivity (Wildman–Crippen MR) is 54.3 cm³/mol. The molecule has 1 rings (SSSR count). The van der Waals surface area contributed by atoms with Crippen LogP contribution in [-0.4, -0.2) is 12.1 Å². The van der Waals surface area contributed by atoms with Gasteiger partial charge in [0.05, 0.1) is 0 Å². The van der Waals surface area contributed by atoms with Crippen LogP contribution >= 0.6 is 0 Å². The quantitative estimate of drug-likeness (QED) is 0.637. The minimum Gasteiger partial charge on any atom is -0.308 e. The predicted octanol–water partition coefficient (Wildman–Crippen LogP) is 2.87. The fourth-order valence-electron chi connectivity index (χ4n) is 1.87. The van der Waals surface area contributed by atoms with Crippen LogP contribution in [0.1, 0.15) is 46.0 Å². The molecule has 1 aliphatic rings. The van der Waals surface area contributed by atoms with Gasteiger partial charge in [-0.3, -0.25) is 0 Å². The first-order chi connectivity index (χ1) is 5.62. The van der Waals surface area contributed by atoms with Crippen molar-refractivity contribution in [3.05, 3.63) is 12.2 Å². The van der Waals surface area contributed by atoms with E-state index in [0.717, 1.165) is 6.54 Å². The summed E-state index contributed by atoms with van der Waals surface area (Å²) in [6, 6.07) is 0. The minimum absolute atomic E-state index is 0.400. The van der Waals surface area contributed by atoms with Gasteiger partial charge in [-0.1, -0.05) is 31.4 Å². The molecule has 0 aromatic rings. The highest BCUT2D eigenvalue weighted by molar-refractivity contribution is 4.96. The Balaban J connectivity index is 2.31. The second-order valence-corrected chi connectivity index (χ2v) is 4.43. The highest BCUT2D eigenvalue weighted by Gasteiger charge is 2.25. The summed E-state index contributed by atoms with van der Waals surface area (Å²) in [5, 5.41) is 3.60. The van der Waals surface area contributed by atoms with Crippen molar-refractivity contribution < 1.29 is 0 Å². The van der Waals surface area contributed by atoms with Crippen LogP contribution in [-0.2, 0) is 0 Å². The zero-order chi connectivity index (χ0) is 9.03. The molecule has 0 unspecified atom stereocenters. The highest BCUT2D eigenvalue weighted by atomic mass is 15.0. The Hall–Kier alpha value is -0.300. The minimum atomic E-state index is 0.400. The summed E-state index contributed by atoms with van der Waals surface area (Å²) in [5.74, 6) is 0. The molecule has 0 spiro atoms. The third kappa shape index (κ3) is 2.98. The van der Waals surface area contributed by atoms with E-state index in [1.807, 2.05) is 0 Å². The van der Waals surface area contributed by atoms with E-state index in [1.54, 1.807) is 0 Å². The number of rotatable bonds is 3. The zero-order valence-electron chi connectivity index (χ0n) is 8.45. The molecule has 0 amide bonds. The van der Waals surface area contributed by atoms with E-state index >= 15 is 0 Å². The summed E-state index contributed by atoms with van der Waals surface area (Å²) >= 11 is 0. The molecule has 0 atom stereocenters. The smallest absolute Gasteiger partial charge is 0.0164 e. The van der Waals surface area contributed by atoms with Crippen molar-refractivity contribution in [1.82, 2.24) is 5.32 Å². The molecular weight excluding hydrogens is 146 g/mol. The Morgan fingerprint density at radius 1 is 1.33 bits per heavy atom. The number of hydrogen-bond acceptors (Lipinski definition) is 1. The van der Waals surface area contributed by atoms with Crippen molar-refractivity contribution in [3.8, 4) is 0 Å². The molecule has 1 aliphatic carbocycles. The number of hydrogen-bond donors (Lipinski definition) is 1. The van der Waals surface area contributed by atoms with E-state index in [1.165, 1.54) is 37.7 Å². The van der Waals surface area contributed by atoms with Crippen LogP contribution in [0.5, 0.6) is 0 Å². The molecule has 12 heavy (non-hydrogen) atoms. The second kappa shape index (κ2) is 4.08. The average molecular weight is 167 g/mol. The van der Waals surface area contributed by atoms with E-state index in [2.05, 4.69) is 25.7 Å². The van der Waals surface area contributed by atoms with Crippen LogP contribution in [0.25, 0.3) is 0 Å². The molecule has 1 nitrogen and oxygen atoms in total. The van der Waals surface area contributed by atoms with Gasteiger partial charge in [0.15, 0.2) is 0 Å². The SMILES string of the molecule is C=C(C)CNC1(C)CCCCC1. The summed E-state index contributed by atoms with van der Waals surface area (Å²) in [7, 11) is 0. The fraction of sp³-hybridized carbons (Fsp3) is 0.818. The van der Waals surface area contributed by atoms with E-state index in [9.17, 15) is 0 Å². The molecule has 1 heteroatoms. The maximum absolute atomic E-state index is 3.91. The summed E-state index contributed by atoms with van der Waals surface area (Å²) < 4.78 is 0. The van der Waals surface area contributed by atoms with Crippen molar-refractivity contribution >= 4 is 0 Å². The van der Waals surface area contributed by atoms with Crippen molar-refractivity contribution in [2.75, 3.05) is 6.54 Å². The lowest BCUT2D eigenvalue weighted by atomic mass is 9.83. The third-order valence-electron chi connectivity index (χ3n) is 2.77. The van der Waals surface area contributed by atoms with Gasteiger partial charge < -0.3 is 5.32 Å². The van der Waals surface area contributed by atoms with Crippen LogP contribution < -0.4 is 5.32 Å². The summed E-state index contributed by atoms with van der Waals surface area (Å²) in [4.78, 5) is 0. The summed E-state index contributed by atoms with van der Waals surface area (Å²) in [6.07, 6.45) is 6.87. The summed E-state index contributed by atoms with van der Waals surface area (Å²) in [5.41, 5.74) is 1.64. The average Bonchev–Trinajstić information content (AvgIpc) is 2.03. The molecule has 0 heterocycles. The summed E-state index contributed by atoms with van der Waals surface area (Å²) in [6.45, 7) is 9.32. The van der Waals surface area contributed by atoms with Crippen LogP contribution in [0.15, 0.2) is 12.2 Å². The van der Waals surface area contributed by atoms with Gasteiger partial charge in [0.1, 0.15) is 0 Å². The van der Waals surface area contributed by atoms with E-state index < -0.39 is 0 Å². The van der Waals surface area contributed by atoms with Crippen LogP contribution in [0, 0.1) is 0 Å². The Kier molecular flexibility index (Phi) is 3.33. The van der Waals surface area contributed by atoms with Crippen molar-refractivity contribution in [3.63, 3.8) is 0 Å². The lowest BCUT2D eigenvalue weighted by Gasteiger charge is -2.34. The van der Waals surface area contributed by atoms with Gasteiger partial charge in [-0.15, -0.1) is 0 Å². The number of nitrogens with one attached hydrogen (secondary N) is 1. The van der Waals surface area contributed by atoms with Crippen LogP contribution in [0.3, 0.4) is 0 Å². The van der Waals surface area contributed by atoms with Gasteiger partial charge in [-0.2, -0.15) is 0 Å². The molecule has 0 aromatic heterocycles. The highest BCUT2D eigenvalue weighted by Crippen LogP contribution is 2.27. The van der Waals surface area contributed by atoms with Crippen LogP contribution in [0.2, 0.25) is 0 Å².